The number of benzene rings is 1. The van der Waals surface area contributed by atoms with Crippen LogP contribution in [0.1, 0.15) is 0 Å². The van der Waals surface area contributed by atoms with Crippen molar-refractivity contribution in [3.05, 3.63) is 34.3 Å². The minimum absolute atomic E-state index is 0.804. The van der Waals surface area contributed by atoms with E-state index in [2.05, 4.69) is 5.10 Å². The van der Waals surface area contributed by atoms with Crippen molar-refractivity contribution in [3.8, 4) is 10.6 Å². The molecule has 2 nitrogen and oxygen atoms in total. The summed E-state index contributed by atoms with van der Waals surface area (Å²) in [7, 11) is 1.87. The maximum absolute atomic E-state index is 5.09. The van der Waals surface area contributed by atoms with Crippen LogP contribution in [-0.2, 0) is 7.05 Å². The average molecular weight is 208 g/mol. The molecule has 1 aromatic heterocycles. The van der Waals surface area contributed by atoms with Gasteiger partial charge >= 0.3 is 0 Å². The lowest BCUT2D eigenvalue weighted by molar-refractivity contribution is 0.762. The van der Waals surface area contributed by atoms with Gasteiger partial charge in [-0.25, -0.2) is 4.68 Å². The van der Waals surface area contributed by atoms with Gasteiger partial charge in [0.2, 0.25) is 0 Å². The number of rotatable bonds is 1. The summed E-state index contributed by atoms with van der Waals surface area (Å²) in [5, 5.41) is 5.29. The van der Waals surface area contributed by atoms with E-state index in [1.165, 1.54) is 11.3 Å². The third-order valence-electron chi connectivity index (χ3n) is 1.71. The van der Waals surface area contributed by atoms with Crippen LogP contribution < -0.4 is 0 Å². The Labute approximate surface area is 85.5 Å². The van der Waals surface area contributed by atoms with Crippen LogP contribution in [0, 0.1) is 3.95 Å². The molecule has 2 rings (SSSR count). The molecule has 4 heteroatoms. The first kappa shape index (κ1) is 8.59. The van der Waals surface area contributed by atoms with Gasteiger partial charge in [0.25, 0.3) is 0 Å². The lowest BCUT2D eigenvalue weighted by atomic mass is 10.2. The van der Waals surface area contributed by atoms with Gasteiger partial charge in [-0.15, -0.1) is 0 Å². The number of nitrogens with zero attached hydrogens (tertiary/aromatic N) is 2. The van der Waals surface area contributed by atoms with Gasteiger partial charge in [0.05, 0.1) is 0 Å². The van der Waals surface area contributed by atoms with E-state index in [1.54, 1.807) is 4.68 Å². The van der Waals surface area contributed by atoms with Crippen LogP contribution in [0.25, 0.3) is 10.6 Å². The molecule has 0 aliphatic carbocycles. The standard InChI is InChI=1S/C9H8N2S2/c1-11-9(12)13-8(10-11)7-5-3-2-4-6-7/h2-6H,1H3. The Kier molecular flexibility index (Phi) is 2.24. The molecule has 1 aromatic carbocycles. The number of aromatic nitrogens is 2. The third-order valence-corrected chi connectivity index (χ3v) is 3.17. The summed E-state index contributed by atoms with van der Waals surface area (Å²) >= 11 is 6.63. The lowest BCUT2D eigenvalue weighted by Gasteiger charge is -1.91. The van der Waals surface area contributed by atoms with Crippen molar-refractivity contribution in [2.45, 2.75) is 0 Å². The van der Waals surface area contributed by atoms with Crippen LogP contribution in [-0.4, -0.2) is 9.78 Å². The summed E-state index contributed by atoms with van der Waals surface area (Å²) < 4.78 is 2.53. The third kappa shape index (κ3) is 1.68. The predicted octanol–water partition coefficient (Wildman–Crippen LogP) is 2.88. The number of hydrogen-bond acceptors (Lipinski definition) is 3. The summed E-state index contributed by atoms with van der Waals surface area (Å²) in [5.41, 5.74) is 1.12. The first-order chi connectivity index (χ1) is 6.27. The Morgan fingerprint density at radius 2 is 2.00 bits per heavy atom. The minimum atomic E-state index is 0.804. The molecule has 0 spiro atoms. The van der Waals surface area contributed by atoms with E-state index in [-0.39, 0.29) is 0 Å². The van der Waals surface area contributed by atoms with E-state index in [9.17, 15) is 0 Å². The summed E-state index contributed by atoms with van der Waals surface area (Å²) in [5.74, 6) is 0. The zero-order valence-corrected chi connectivity index (χ0v) is 8.73. The molecule has 0 aliphatic heterocycles. The minimum Gasteiger partial charge on any atom is -0.247 e. The largest absolute Gasteiger partial charge is 0.247 e. The van der Waals surface area contributed by atoms with Crippen molar-refractivity contribution < 1.29 is 0 Å². The number of aryl methyl sites for hydroxylation is 1. The summed E-state index contributed by atoms with van der Waals surface area (Å²) in [6, 6.07) is 10.1. The van der Waals surface area contributed by atoms with E-state index >= 15 is 0 Å². The van der Waals surface area contributed by atoms with E-state index in [0.29, 0.717) is 0 Å². The second-order valence-corrected chi connectivity index (χ2v) is 4.29. The smallest absolute Gasteiger partial charge is 0.179 e. The van der Waals surface area contributed by atoms with Crippen molar-refractivity contribution in [1.82, 2.24) is 9.78 Å². The summed E-state index contributed by atoms with van der Waals surface area (Å²) in [6.07, 6.45) is 0. The Balaban J connectivity index is 2.54. The molecule has 0 N–H and O–H groups in total. The molecule has 0 unspecified atom stereocenters. The predicted molar refractivity (Wildman–Crippen MR) is 57.4 cm³/mol. The van der Waals surface area contributed by atoms with Crippen molar-refractivity contribution in [3.63, 3.8) is 0 Å². The molecule has 0 atom stereocenters. The van der Waals surface area contributed by atoms with Crippen molar-refractivity contribution >= 4 is 23.6 Å². The van der Waals surface area contributed by atoms with Crippen LogP contribution in [0.15, 0.2) is 30.3 Å². The highest BCUT2D eigenvalue weighted by Gasteiger charge is 2.01. The fourth-order valence-electron chi connectivity index (χ4n) is 1.04. The van der Waals surface area contributed by atoms with E-state index < -0.39 is 0 Å². The molecule has 0 saturated heterocycles. The fraction of sp³-hybridized carbons (Fsp3) is 0.111. The van der Waals surface area contributed by atoms with Gasteiger partial charge in [0.1, 0.15) is 5.01 Å². The van der Waals surface area contributed by atoms with Gasteiger partial charge in [-0.3, -0.25) is 0 Å². The first-order valence-corrected chi connectivity index (χ1v) is 5.09. The molecule has 0 bridgehead atoms. The fourth-order valence-corrected chi connectivity index (χ4v) is 2.08. The second kappa shape index (κ2) is 3.40. The van der Waals surface area contributed by atoms with Gasteiger partial charge in [0.15, 0.2) is 3.95 Å². The molecular formula is C9H8N2S2. The molecule has 0 radical (unpaired) electrons. The molecule has 66 valence electrons. The topological polar surface area (TPSA) is 17.8 Å². The average Bonchev–Trinajstić information content (AvgIpc) is 2.49. The second-order valence-electron chi connectivity index (χ2n) is 2.66. The molecule has 1 heterocycles. The SMILES string of the molecule is Cn1nc(-c2ccccc2)sc1=S. The summed E-state index contributed by atoms with van der Waals surface area (Å²) in [6.45, 7) is 0. The highest BCUT2D eigenvalue weighted by atomic mass is 32.1. The Morgan fingerprint density at radius 1 is 1.31 bits per heavy atom. The maximum Gasteiger partial charge on any atom is 0.179 e. The van der Waals surface area contributed by atoms with Crippen LogP contribution in [0.2, 0.25) is 0 Å². The molecule has 13 heavy (non-hydrogen) atoms. The Bertz CT molecular complexity index is 456. The monoisotopic (exact) mass is 208 g/mol. The van der Waals surface area contributed by atoms with Crippen LogP contribution in [0.5, 0.6) is 0 Å². The summed E-state index contributed by atoms with van der Waals surface area (Å²) in [4.78, 5) is 0. The Morgan fingerprint density at radius 3 is 2.54 bits per heavy atom. The highest BCUT2D eigenvalue weighted by molar-refractivity contribution is 7.73. The van der Waals surface area contributed by atoms with Gasteiger partial charge in [-0.2, -0.15) is 5.10 Å². The van der Waals surface area contributed by atoms with Crippen LogP contribution in [0.3, 0.4) is 0 Å². The highest BCUT2D eigenvalue weighted by Crippen LogP contribution is 2.21. The Hall–Kier alpha value is -1.00. The van der Waals surface area contributed by atoms with Crippen molar-refractivity contribution in [2.24, 2.45) is 7.05 Å². The molecular weight excluding hydrogens is 200 g/mol. The van der Waals surface area contributed by atoms with Crippen LogP contribution >= 0.6 is 23.6 Å². The lowest BCUT2D eigenvalue weighted by Crippen LogP contribution is -1.89. The van der Waals surface area contributed by atoms with Gasteiger partial charge < -0.3 is 0 Å². The van der Waals surface area contributed by atoms with Crippen molar-refractivity contribution in [2.75, 3.05) is 0 Å². The maximum atomic E-state index is 5.09. The van der Waals surface area contributed by atoms with E-state index in [4.69, 9.17) is 12.2 Å². The first-order valence-electron chi connectivity index (χ1n) is 3.87. The molecule has 0 fully saturated rings. The quantitative estimate of drug-likeness (QED) is 0.671. The van der Waals surface area contributed by atoms with Crippen molar-refractivity contribution in [1.29, 1.82) is 0 Å². The molecule has 2 aromatic rings. The zero-order chi connectivity index (χ0) is 9.26. The molecule has 0 saturated carbocycles. The van der Waals surface area contributed by atoms with E-state index in [1.807, 2.05) is 37.4 Å². The van der Waals surface area contributed by atoms with Gasteiger partial charge in [-0.1, -0.05) is 41.7 Å². The van der Waals surface area contributed by atoms with E-state index in [0.717, 1.165) is 14.5 Å². The zero-order valence-electron chi connectivity index (χ0n) is 7.10. The van der Waals surface area contributed by atoms with Gasteiger partial charge in [-0.05, 0) is 12.2 Å². The molecule has 0 amide bonds. The normalized spacial score (nSPS) is 10.2. The van der Waals surface area contributed by atoms with Gasteiger partial charge in [0, 0.05) is 12.6 Å². The molecule has 0 aliphatic rings. The van der Waals surface area contributed by atoms with Crippen LogP contribution in [0.4, 0.5) is 0 Å². The number of hydrogen-bond donors (Lipinski definition) is 0.